The van der Waals surface area contributed by atoms with E-state index in [0.717, 1.165) is 17.4 Å². The average molecular weight is 403 g/mol. The number of rotatable bonds is 5. The van der Waals surface area contributed by atoms with Crippen molar-refractivity contribution < 1.29 is 17.9 Å². The first kappa shape index (κ1) is 20.2. The SMILES string of the molecule is CC[C@H](NC(=O)[C@@H]1CN(S(C)(=O)=O)c2ccccc2O1)c1ccc(C)c(C)c1. The standard InChI is InChI=1S/C21H26N2O4S/c1-5-17(16-11-10-14(2)15(3)12-16)22-21(24)20-13-23(28(4,25)26)18-8-6-7-9-19(18)27-20/h6-12,17,20H,5,13H2,1-4H3,(H,22,24)/t17-,20-/m0/s1. The molecule has 6 nitrogen and oxygen atoms in total. The normalized spacial score (nSPS) is 17.4. The molecule has 3 rings (SSSR count). The molecular formula is C21H26N2O4S. The maximum Gasteiger partial charge on any atom is 0.263 e. The van der Waals surface area contributed by atoms with Crippen LogP contribution < -0.4 is 14.4 Å². The second-order valence-corrected chi connectivity index (χ2v) is 9.09. The van der Waals surface area contributed by atoms with Gasteiger partial charge in [-0.1, -0.05) is 37.3 Å². The van der Waals surface area contributed by atoms with E-state index in [1.165, 1.54) is 9.87 Å². The zero-order chi connectivity index (χ0) is 20.5. The number of hydrogen-bond acceptors (Lipinski definition) is 4. The number of fused-ring (bicyclic) bond motifs is 1. The van der Waals surface area contributed by atoms with E-state index >= 15 is 0 Å². The van der Waals surface area contributed by atoms with Crippen LogP contribution in [-0.4, -0.2) is 33.2 Å². The molecule has 0 aliphatic carbocycles. The monoisotopic (exact) mass is 402 g/mol. The van der Waals surface area contributed by atoms with Gasteiger partial charge in [0.05, 0.1) is 24.5 Å². The summed E-state index contributed by atoms with van der Waals surface area (Å²) in [6.07, 6.45) is 0.937. The number of nitrogens with one attached hydrogen (secondary N) is 1. The Labute approximate surface area is 166 Å². The van der Waals surface area contributed by atoms with Gasteiger partial charge in [0.25, 0.3) is 5.91 Å². The number of amides is 1. The molecule has 1 amide bonds. The number of benzene rings is 2. The van der Waals surface area contributed by atoms with E-state index in [1.807, 2.05) is 32.9 Å². The van der Waals surface area contributed by atoms with Gasteiger partial charge < -0.3 is 10.1 Å². The summed E-state index contributed by atoms with van der Waals surface area (Å²) in [5.74, 6) is 0.0618. The molecule has 1 aliphatic rings. The summed E-state index contributed by atoms with van der Waals surface area (Å²) in [6, 6.07) is 12.8. The molecule has 28 heavy (non-hydrogen) atoms. The van der Waals surface area contributed by atoms with E-state index in [9.17, 15) is 13.2 Å². The Morgan fingerprint density at radius 1 is 1.21 bits per heavy atom. The summed E-state index contributed by atoms with van der Waals surface area (Å²) < 4.78 is 31.5. The van der Waals surface area contributed by atoms with Gasteiger partial charge >= 0.3 is 0 Å². The number of carbonyl (C=O) groups is 1. The summed E-state index contributed by atoms with van der Waals surface area (Å²) in [6.45, 7) is 6.04. The number of carbonyl (C=O) groups excluding carboxylic acids is 1. The van der Waals surface area contributed by atoms with Crippen molar-refractivity contribution in [3.63, 3.8) is 0 Å². The van der Waals surface area contributed by atoms with E-state index < -0.39 is 16.1 Å². The van der Waals surface area contributed by atoms with Crippen LogP contribution in [0.15, 0.2) is 42.5 Å². The number of nitrogens with zero attached hydrogens (tertiary/aromatic N) is 1. The van der Waals surface area contributed by atoms with Gasteiger partial charge in [-0.3, -0.25) is 9.10 Å². The predicted molar refractivity (Wildman–Crippen MR) is 110 cm³/mol. The van der Waals surface area contributed by atoms with Gasteiger partial charge in [-0.2, -0.15) is 0 Å². The van der Waals surface area contributed by atoms with Crippen molar-refractivity contribution >= 4 is 21.6 Å². The minimum Gasteiger partial charge on any atom is -0.476 e. The number of para-hydroxylation sites is 2. The molecular weight excluding hydrogens is 376 g/mol. The quantitative estimate of drug-likeness (QED) is 0.834. The van der Waals surface area contributed by atoms with Crippen molar-refractivity contribution in [3.8, 4) is 5.75 Å². The molecule has 2 aromatic carbocycles. The minimum absolute atomic E-state index is 0.0506. The first-order valence-corrected chi connectivity index (χ1v) is 11.2. The molecule has 0 aromatic heterocycles. The highest BCUT2D eigenvalue weighted by atomic mass is 32.2. The van der Waals surface area contributed by atoms with Crippen molar-refractivity contribution in [1.82, 2.24) is 5.32 Å². The van der Waals surface area contributed by atoms with Crippen molar-refractivity contribution in [2.45, 2.75) is 39.3 Å². The summed E-state index contributed by atoms with van der Waals surface area (Å²) in [4.78, 5) is 12.9. The maximum atomic E-state index is 12.9. The zero-order valence-electron chi connectivity index (χ0n) is 16.6. The Morgan fingerprint density at radius 3 is 2.57 bits per heavy atom. The van der Waals surface area contributed by atoms with Crippen molar-refractivity contribution in [1.29, 1.82) is 0 Å². The maximum absolute atomic E-state index is 12.9. The Kier molecular flexibility index (Phi) is 5.65. The molecule has 0 unspecified atom stereocenters. The molecule has 1 N–H and O–H groups in total. The lowest BCUT2D eigenvalue weighted by atomic mass is 9.99. The number of aryl methyl sites for hydroxylation is 2. The fourth-order valence-corrected chi connectivity index (χ4v) is 4.23. The van der Waals surface area contributed by atoms with Crippen LogP contribution in [0.4, 0.5) is 5.69 Å². The fourth-order valence-electron chi connectivity index (χ4n) is 3.32. The molecule has 7 heteroatoms. The molecule has 0 bridgehead atoms. The summed E-state index contributed by atoms with van der Waals surface area (Å²) >= 11 is 0. The first-order chi connectivity index (χ1) is 13.2. The highest BCUT2D eigenvalue weighted by Gasteiger charge is 2.35. The first-order valence-electron chi connectivity index (χ1n) is 9.31. The molecule has 0 saturated heterocycles. The Hall–Kier alpha value is -2.54. The Morgan fingerprint density at radius 2 is 1.93 bits per heavy atom. The third-order valence-electron chi connectivity index (χ3n) is 5.09. The van der Waals surface area contributed by atoms with Gasteiger partial charge in [-0.05, 0) is 49.1 Å². The lowest BCUT2D eigenvalue weighted by Crippen LogP contribution is -2.51. The predicted octanol–water partition coefficient (Wildman–Crippen LogP) is 3.10. The smallest absolute Gasteiger partial charge is 0.263 e. The lowest BCUT2D eigenvalue weighted by molar-refractivity contribution is -0.128. The van der Waals surface area contributed by atoms with E-state index in [4.69, 9.17) is 4.74 Å². The van der Waals surface area contributed by atoms with Gasteiger partial charge in [-0.25, -0.2) is 8.42 Å². The van der Waals surface area contributed by atoms with E-state index in [-0.39, 0.29) is 18.5 Å². The van der Waals surface area contributed by atoms with Crippen LogP contribution in [0.2, 0.25) is 0 Å². The van der Waals surface area contributed by atoms with Crippen LogP contribution >= 0.6 is 0 Å². The molecule has 0 radical (unpaired) electrons. The summed E-state index contributed by atoms with van der Waals surface area (Å²) in [5, 5.41) is 3.02. The van der Waals surface area contributed by atoms with Crippen LogP contribution in [0.3, 0.4) is 0 Å². The summed E-state index contributed by atoms with van der Waals surface area (Å²) in [5.41, 5.74) is 3.84. The van der Waals surface area contributed by atoms with Crippen LogP contribution in [-0.2, 0) is 14.8 Å². The van der Waals surface area contributed by atoms with Crippen LogP contribution in [0.5, 0.6) is 5.75 Å². The number of hydrogen-bond donors (Lipinski definition) is 1. The minimum atomic E-state index is -3.53. The van der Waals surface area contributed by atoms with Gasteiger partial charge in [0.15, 0.2) is 6.10 Å². The third-order valence-corrected chi connectivity index (χ3v) is 6.23. The topological polar surface area (TPSA) is 75.7 Å². The van der Waals surface area contributed by atoms with Crippen LogP contribution in [0, 0.1) is 13.8 Å². The molecule has 0 saturated carbocycles. The number of ether oxygens (including phenoxy) is 1. The number of sulfonamides is 1. The lowest BCUT2D eigenvalue weighted by Gasteiger charge is -2.34. The molecule has 0 spiro atoms. The molecule has 2 atom stereocenters. The molecule has 1 aliphatic heterocycles. The van der Waals surface area contributed by atoms with Crippen LogP contribution in [0.25, 0.3) is 0 Å². The van der Waals surface area contributed by atoms with E-state index in [1.54, 1.807) is 24.3 Å². The highest BCUT2D eigenvalue weighted by Crippen LogP contribution is 2.34. The van der Waals surface area contributed by atoms with Gasteiger partial charge in [-0.15, -0.1) is 0 Å². The Balaban J connectivity index is 1.83. The second kappa shape index (κ2) is 7.83. The summed E-state index contributed by atoms with van der Waals surface area (Å²) in [7, 11) is -3.53. The molecule has 150 valence electrons. The van der Waals surface area contributed by atoms with Gasteiger partial charge in [0.1, 0.15) is 5.75 Å². The van der Waals surface area contributed by atoms with E-state index in [0.29, 0.717) is 17.9 Å². The Bertz CT molecular complexity index is 988. The molecule has 2 aromatic rings. The van der Waals surface area contributed by atoms with Gasteiger partial charge in [0.2, 0.25) is 10.0 Å². The van der Waals surface area contributed by atoms with Crippen molar-refractivity contribution in [2.24, 2.45) is 0 Å². The zero-order valence-corrected chi connectivity index (χ0v) is 17.4. The highest BCUT2D eigenvalue weighted by molar-refractivity contribution is 7.92. The third kappa shape index (κ3) is 4.14. The average Bonchev–Trinajstić information content (AvgIpc) is 2.66. The van der Waals surface area contributed by atoms with Gasteiger partial charge in [0, 0.05) is 0 Å². The fraction of sp³-hybridized carbons (Fsp3) is 0.381. The van der Waals surface area contributed by atoms with E-state index in [2.05, 4.69) is 11.4 Å². The number of anilines is 1. The van der Waals surface area contributed by atoms with Crippen molar-refractivity contribution in [3.05, 3.63) is 59.2 Å². The largest absolute Gasteiger partial charge is 0.476 e. The van der Waals surface area contributed by atoms with Crippen LogP contribution in [0.1, 0.15) is 36.1 Å². The second-order valence-electron chi connectivity index (χ2n) is 7.18. The van der Waals surface area contributed by atoms with Crippen molar-refractivity contribution in [2.75, 3.05) is 17.1 Å². The molecule has 0 fully saturated rings. The molecule has 1 heterocycles.